The van der Waals surface area contributed by atoms with Crippen LogP contribution < -0.4 is 13.9 Å². The monoisotopic (exact) mass is 401 g/mol. The lowest BCUT2D eigenvalue weighted by atomic mass is 9.55. The predicted molar refractivity (Wildman–Crippen MR) is 121 cm³/mol. The van der Waals surface area contributed by atoms with Crippen LogP contribution in [0.4, 0.5) is 0 Å². The number of hydrogen-bond acceptors (Lipinski definition) is 2. The minimum Gasteiger partial charge on any atom is -0.676 e. The fourth-order valence-corrected chi connectivity index (χ4v) is 5.39. The summed E-state index contributed by atoms with van der Waals surface area (Å²) in [5.41, 5.74) is 4.65. The van der Waals surface area contributed by atoms with E-state index in [1.54, 1.807) is 0 Å². The molecule has 154 valence electrons. The van der Waals surface area contributed by atoms with Crippen molar-refractivity contribution >= 4 is 6.55 Å². The molecule has 2 aliphatic heterocycles. The number of para-hydroxylation sites is 2. The summed E-state index contributed by atoms with van der Waals surface area (Å²) in [5, 5.41) is 0. The van der Waals surface area contributed by atoms with Gasteiger partial charge in [-0.2, -0.15) is 0 Å². The molecule has 0 aliphatic carbocycles. The van der Waals surface area contributed by atoms with E-state index in [1.165, 1.54) is 11.4 Å². The van der Waals surface area contributed by atoms with E-state index in [0.717, 1.165) is 59.6 Å². The lowest BCUT2D eigenvalue weighted by Gasteiger charge is -2.47. The zero-order chi connectivity index (χ0) is 20.8. The number of nitrogens with zero attached hydrogens (tertiary/aromatic N) is 2. The summed E-state index contributed by atoms with van der Waals surface area (Å²) in [5.74, 6) is 1.84. The molecule has 0 fully saturated rings. The molecule has 3 heterocycles. The van der Waals surface area contributed by atoms with E-state index in [-0.39, 0.29) is 0 Å². The van der Waals surface area contributed by atoms with Gasteiger partial charge in [0, 0.05) is 18.6 Å². The Morgan fingerprint density at radius 3 is 1.73 bits per heavy atom. The molecule has 0 unspecified atom stereocenters. The third kappa shape index (κ3) is 2.92. The number of fused-ring (bicyclic) bond motifs is 5. The van der Waals surface area contributed by atoms with Gasteiger partial charge in [-0.25, -0.2) is 4.57 Å². The van der Waals surface area contributed by atoms with Crippen molar-refractivity contribution in [1.82, 2.24) is 0 Å². The molecule has 3 aromatic rings. The zero-order valence-corrected chi connectivity index (χ0v) is 18.2. The van der Waals surface area contributed by atoms with E-state index >= 15 is 0 Å². The molecule has 2 aliphatic rings. The van der Waals surface area contributed by atoms with E-state index in [1.807, 2.05) is 0 Å². The van der Waals surface area contributed by atoms with Crippen LogP contribution in [0.15, 0.2) is 66.7 Å². The van der Waals surface area contributed by atoms with Crippen molar-refractivity contribution in [3.8, 4) is 34.0 Å². The first-order chi connectivity index (χ1) is 14.6. The van der Waals surface area contributed by atoms with Gasteiger partial charge in [0.1, 0.15) is 6.44 Å². The molecule has 0 saturated heterocycles. The van der Waals surface area contributed by atoms with Gasteiger partial charge in [0.2, 0.25) is 11.4 Å². The quantitative estimate of drug-likeness (QED) is 0.357. The van der Waals surface area contributed by atoms with Crippen molar-refractivity contribution in [3.63, 3.8) is 0 Å². The molecular weight excluding hydrogens is 371 g/mol. The Bertz CT molecular complexity index is 1020. The van der Waals surface area contributed by atoms with Crippen molar-refractivity contribution in [2.45, 2.75) is 27.2 Å². The van der Waals surface area contributed by atoms with Crippen molar-refractivity contribution in [3.05, 3.63) is 66.7 Å². The topological polar surface area (TPSA) is 22.3 Å². The molecule has 4 nitrogen and oxygen atoms in total. The lowest BCUT2D eigenvalue weighted by Crippen LogP contribution is -2.69. The average Bonchev–Trinajstić information content (AvgIpc) is 3.01. The molecule has 5 heteroatoms. The number of quaternary nitrogens is 1. The van der Waals surface area contributed by atoms with Gasteiger partial charge < -0.3 is 13.8 Å². The van der Waals surface area contributed by atoms with Gasteiger partial charge in [0.05, 0.1) is 42.3 Å². The summed E-state index contributed by atoms with van der Waals surface area (Å²) in [6.07, 6.45) is 1.57. The van der Waals surface area contributed by atoms with Gasteiger partial charge >= 0.3 is 6.55 Å². The second-order valence-electron chi connectivity index (χ2n) is 8.66. The molecule has 1 aromatic heterocycles. The summed E-state index contributed by atoms with van der Waals surface area (Å²) in [7, 11) is 0. The first-order valence-corrected chi connectivity index (χ1v) is 11.2. The highest BCUT2D eigenvalue weighted by atomic mass is 16.6. The third-order valence-corrected chi connectivity index (χ3v) is 7.24. The van der Waals surface area contributed by atoms with Gasteiger partial charge in [0.25, 0.3) is 0 Å². The highest BCUT2D eigenvalue weighted by Gasteiger charge is 2.49. The van der Waals surface area contributed by atoms with Crippen molar-refractivity contribution in [2.24, 2.45) is 0 Å². The fraction of sp³-hybridized carbons (Fsp3) is 0.320. The fourth-order valence-electron chi connectivity index (χ4n) is 5.39. The summed E-state index contributed by atoms with van der Waals surface area (Å²) < 4.78 is 17.2. The van der Waals surface area contributed by atoms with Crippen molar-refractivity contribution in [2.75, 3.05) is 26.1 Å². The van der Waals surface area contributed by atoms with Gasteiger partial charge in [-0.1, -0.05) is 24.3 Å². The number of benzene rings is 2. The van der Waals surface area contributed by atoms with Crippen LogP contribution in [0, 0.1) is 0 Å². The zero-order valence-electron chi connectivity index (χ0n) is 18.2. The Hall–Kier alpha value is -2.79. The van der Waals surface area contributed by atoms with E-state index in [0.29, 0.717) is 0 Å². The molecule has 0 spiro atoms. The molecule has 0 saturated carbocycles. The van der Waals surface area contributed by atoms with Gasteiger partial charge in [0.15, 0.2) is 0 Å². The second-order valence-corrected chi connectivity index (χ2v) is 8.66. The van der Waals surface area contributed by atoms with E-state index in [4.69, 9.17) is 9.31 Å². The number of hydrogen-bond donors (Lipinski definition) is 0. The SMILES string of the molecule is CC[N+](CC)(CC)C[B-]12C[n+]3c(cccc3-c3ccccc3O1)-c1ccccc1O2. The Morgan fingerprint density at radius 1 is 0.733 bits per heavy atom. The maximum atomic E-state index is 6.92. The van der Waals surface area contributed by atoms with E-state index in [2.05, 4.69) is 92.1 Å². The highest BCUT2D eigenvalue weighted by Crippen LogP contribution is 2.40. The molecule has 0 amide bonds. The van der Waals surface area contributed by atoms with Crippen LogP contribution in [-0.4, -0.2) is 37.1 Å². The Balaban J connectivity index is 1.80. The van der Waals surface area contributed by atoms with Crippen LogP contribution >= 0.6 is 0 Å². The largest absolute Gasteiger partial charge is 0.676 e. The molecule has 5 rings (SSSR count). The average molecular weight is 401 g/mol. The van der Waals surface area contributed by atoms with Crippen molar-refractivity contribution < 1.29 is 18.4 Å². The summed E-state index contributed by atoms with van der Waals surface area (Å²) in [6, 6.07) is 23.3. The molecule has 0 atom stereocenters. The van der Waals surface area contributed by atoms with Crippen molar-refractivity contribution in [1.29, 1.82) is 0 Å². The summed E-state index contributed by atoms with van der Waals surface area (Å²) >= 11 is 0. The van der Waals surface area contributed by atoms with Gasteiger partial charge in [-0.3, -0.25) is 0 Å². The lowest BCUT2D eigenvalue weighted by molar-refractivity contribution is -0.915. The van der Waals surface area contributed by atoms with Crippen LogP contribution in [0.25, 0.3) is 22.5 Å². The first-order valence-electron chi connectivity index (χ1n) is 11.2. The predicted octanol–water partition coefficient (Wildman–Crippen LogP) is 4.49. The second kappa shape index (κ2) is 7.17. The van der Waals surface area contributed by atoms with E-state index < -0.39 is 6.55 Å². The minimum absolute atomic E-state index is 0.717. The van der Waals surface area contributed by atoms with Crippen LogP contribution in [0.5, 0.6) is 11.5 Å². The van der Waals surface area contributed by atoms with E-state index in [9.17, 15) is 0 Å². The third-order valence-electron chi connectivity index (χ3n) is 7.24. The number of rotatable bonds is 5. The minimum atomic E-state index is -1.64. The molecule has 2 bridgehead atoms. The van der Waals surface area contributed by atoms with Crippen LogP contribution in [0.2, 0.25) is 0 Å². The Morgan fingerprint density at radius 2 is 1.23 bits per heavy atom. The maximum Gasteiger partial charge on any atom is 0.461 e. The first kappa shape index (κ1) is 19.2. The number of aromatic nitrogens is 1. The molecule has 2 aromatic carbocycles. The maximum absolute atomic E-state index is 6.92. The van der Waals surface area contributed by atoms with Crippen LogP contribution in [0.1, 0.15) is 20.8 Å². The van der Waals surface area contributed by atoms with Crippen LogP contribution in [-0.2, 0) is 6.44 Å². The molecule has 0 N–H and O–H groups in total. The Labute approximate surface area is 179 Å². The summed E-state index contributed by atoms with van der Waals surface area (Å²) in [6.45, 7) is 8.38. The molecule has 0 radical (unpaired) electrons. The van der Waals surface area contributed by atoms with Crippen LogP contribution in [0.3, 0.4) is 0 Å². The standard InChI is InChI=1S/C25H30BN2O2/c1-4-28(5-2,6-3)19-26-18-27-22(20-12-7-9-16-24(20)29-26)14-11-15-23(27)21-13-8-10-17-25(21)30-26/h7-17H,4-6,18-19H2,1-3H3/q+1. The molecular formula is C25H30BN2O2+. The summed E-state index contributed by atoms with van der Waals surface area (Å²) in [4.78, 5) is 0. The molecule has 30 heavy (non-hydrogen) atoms. The number of pyridine rings is 1. The smallest absolute Gasteiger partial charge is 0.461 e. The normalized spacial score (nSPS) is 15.7. The highest BCUT2D eigenvalue weighted by molar-refractivity contribution is 6.67. The van der Waals surface area contributed by atoms with Gasteiger partial charge in [-0.05, 0) is 51.1 Å². The Kier molecular flexibility index (Phi) is 4.59. The van der Waals surface area contributed by atoms with Gasteiger partial charge in [-0.15, -0.1) is 0 Å².